The molecule has 2 fully saturated rings. The van der Waals surface area contributed by atoms with E-state index in [4.69, 9.17) is 25.5 Å². The van der Waals surface area contributed by atoms with Crippen molar-refractivity contribution in [2.75, 3.05) is 50.3 Å². The normalized spacial score (nSPS) is 18.2. The molecule has 2 saturated carbocycles. The monoisotopic (exact) mass is 963 g/mol. The summed E-state index contributed by atoms with van der Waals surface area (Å²) in [4.78, 5) is 65.1. The average molecular weight is 965 g/mol. The Morgan fingerprint density at radius 2 is 1.09 bits per heavy atom. The topological polar surface area (TPSA) is 123 Å². The quantitative estimate of drug-likeness (QED) is 0.120. The maximum Gasteiger partial charge on any atom is 0.270 e. The third-order valence-electron chi connectivity index (χ3n) is 13.0. The van der Waals surface area contributed by atoms with Crippen molar-refractivity contribution in [2.45, 2.75) is 181 Å². The van der Waals surface area contributed by atoms with Gasteiger partial charge in [0.25, 0.3) is 17.7 Å². The Morgan fingerprint density at radius 1 is 0.692 bits per heavy atom. The molecule has 0 spiro atoms. The Labute approximate surface area is 396 Å². The molecule has 2 heterocycles. The lowest BCUT2D eigenvalue weighted by atomic mass is 9.92. The number of ether oxygens (including phenoxy) is 4. The lowest BCUT2D eigenvalue weighted by Gasteiger charge is -2.40. The lowest BCUT2D eigenvalue weighted by molar-refractivity contribution is -0.133. The van der Waals surface area contributed by atoms with Crippen molar-refractivity contribution in [2.24, 2.45) is 0 Å². The van der Waals surface area contributed by atoms with Gasteiger partial charge in [-0.05, 0) is 147 Å². The second-order valence-electron chi connectivity index (χ2n) is 19.5. The molecule has 0 aromatic heterocycles. The summed E-state index contributed by atoms with van der Waals surface area (Å²) in [7, 11) is 3.34. The number of hydrogen-bond donors (Lipinski definition) is 0. The number of halogens is 1. The van der Waals surface area contributed by atoms with E-state index < -0.39 is 11.2 Å². The predicted octanol–water partition coefficient (Wildman–Crippen LogP) is 10.9. The fraction of sp³-hybridized carbons (Fsp3) is 0.667. The van der Waals surface area contributed by atoms with Crippen LogP contribution >= 0.6 is 15.9 Å². The summed E-state index contributed by atoms with van der Waals surface area (Å²) in [5.41, 5.74) is 0.452. The lowest BCUT2D eigenvalue weighted by Crippen LogP contribution is -2.53. The molecule has 4 aliphatic rings. The molecule has 2 aliphatic heterocycles. The minimum absolute atomic E-state index is 0.0122. The van der Waals surface area contributed by atoms with Gasteiger partial charge in [-0.25, -0.2) is 4.85 Å². The molecule has 65 heavy (non-hydrogen) atoms. The van der Waals surface area contributed by atoms with Gasteiger partial charge >= 0.3 is 0 Å². The van der Waals surface area contributed by atoms with Gasteiger partial charge < -0.3 is 38.5 Å². The number of rotatable bonds is 16. The van der Waals surface area contributed by atoms with Crippen LogP contribution in [0.3, 0.4) is 0 Å². The smallest absolute Gasteiger partial charge is 0.270 e. The van der Waals surface area contributed by atoms with Crippen molar-refractivity contribution >= 4 is 56.6 Å². The van der Waals surface area contributed by atoms with Crippen LogP contribution in [0.4, 0.5) is 17.1 Å². The number of anilines is 2. The third-order valence-corrected chi connectivity index (χ3v) is 13.7. The van der Waals surface area contributed by atoms with Crippen LogP contribution in [0.2, 0.25) is 0 Å². The van der Waals surface area contributed by atoms with Crippen LogP contribution in [-0.2, 0) is 19.1 Å². The first-order chi connectivity index (χ1) is 30.9. The maximum absolute atomic E-state index is 13.8. The number of benzene rings is 2. The highest BCUT2D eigenvalue weighted by Gasteiger charge is 2.43. The zero-order valence-corrected chi connectivity index (χ0v) is 42.3. The third kappa shape index (κ3) is 12.2. The van der Waals surface area contributed by atoms with E-state index >= 15 is 0 Å². The molecule has 14 heteroatoms. The summed E-state index contributed by atoms with van der Waals surface area (Å²) in [6.45, 7) is 25.4. The van der Waals surface area contributed by atoms with Crippen molar-refractivity contribution < 1.29 is 38.1 Å². The number of carbonyl (C=O) groups excluding carboxylic acids is 4. The van der Waals surface area contributed by atoms with Gasteiger partial charge in [0.1, 0.15) is 11.5 Å². The molecule has 4 amide bonds. The summed E-state index contributed by atoms with van der Waals surface area (Å²) >= 11 is 3.62. The SMILES string of the molecule is COCCCCN1C(=O)C(C)(C)Oc2cc(Br)c(C(=O)N(C(C)C)C3CCCCC3)cc21.[C-]#[N+]c1cc2c(cc1C(=O)N(C(C)C)C1CCCCC1)N(CCCCOC)C(=O)C(C)(C)O2. The highest BCUT2D eigenvalue weighted by molar-refractivity contribution is 9.10. The Morgan fingerprint density at radius 3 is 1.49 bits per heavy atom. The Kier molecular flexibility index (Phi) is 18.3. The van der Waals surface area contributed by atoms with E-state index in [1.54, 1.807) is 63.8 Å². The van der Waals surface area contributed by atoms with Crippen LogP contribution in [0.25, 0.3) is 4.85 Å². The molecule has 0 bridgehead atoms. The fourth-order valence-electron chi connectivity index (χ4n) is 9.74. The highest BCUT2D eigenvalue weighted by atomic mass is 79.9. The molecule has 0 N–H and O–H groups in total. The first kappa shape index (κ1) is 51.8. The van der Waals surface area contributed by atoms with Crippen LogP contribution in [0, 0.1) is 6.57 Å². The minimum Gasteiger partial charge on any atom is -0.477 e. The molecule has 358 valence electrons. The minimum atomic E-state index is -1.04. The molecule has 0 radical (unpaired) electrons. The van der Waals surface area contributed by atoms with Crippen LogP contribution in [0.5, 0.6) is 11.5 Å². The van der Waals surface area contributed by atoms with E-state index in [0.717, 1.165) is 64.2 Å². The summed E-state index contributed by atoms with van der Waals surface area (Å²) < 4.78 is 23.1. The van der Waals surface area contributed by atoms with Crippen molar-refractivity contribution in [3.63, 3.8) is 0 Å². The van der Waals surface area contributed by atoms with Gasteiger partial charge in [-0.1, -0.05) is 38.5 Å². The van der Waals surface area contributed by atoms with E-state index in [9.17, 15) is 19.2 Å². The van der Waals surface area contributed by atoms with Gasteiger partial charge in [-0.2, -0.15) is 0 Å². The van der Waals surface area contributed by atoms with Gasteiger partial charge in [-0.15, -0.1) is 0 Å². The maximum atomic E-state index is 13.8. The molecule has 6 rings (SSSR count). The van der Waals surface area contributed by atoms with Crippen LogP contribution in [-0.4, -0.2) is 109 Å². The van der Waals surface area contributed by atoms with E-state index in [1.807, 2.05) is 35.8 Å². The van der Waals surface area contributed by atoms with E-state index in [0.29, 0.717) is 64.8 Å². The van der Waals surface area contributed by atoms with Gasteiger partial charge in [0.2, 0.25) is 11.6 Å². The fourth-order valence-corrected chi connectivity index (χ4v) is 10.2. The summed E-state index contributed by atoms with van der Waals surface area (Å²) in [6.07, 6.45) is 14.4. The van der Waals surface area contributed by atoms with Crippen molar-refractivity contribution in [3.05, 3.63) is 51.3 Å². The second-order valence-corrected chi connectivity index (χ2v) is 20.3. The average Bonchev–Trinajstić information content (AvgIpc) is 3.26. The van der Waals surface area contributed by atoms with Crippen molar-refractivity contribution in [1.82, 2.24) is 9.80 Å². The predicted molar refractivity (Wildman–Crippen MR) is 260 cm³/mol. The molecular weight excluding hydrogens is 890 g/mol. The summed E-state index contributed by atoms with van der Waals surface area (Å²) in [5.74, 6) is 0.743. The largest absolute Gasteiger partial charge is 0.477 e. The van der Waals surface area contributed by atoms with Crippen LogP contribution in [0.15, 0.2) is 28.7 Å². The Balaban J connectivity index is 0.000000244. The Hall–Kier alpha value is -4.19. The first-order valence-corrected chi connectivity index (χ1v) is 24.7. The number of nitrogens with zero attached hydrogens (tertiary/aromatic N) is 5. The number of fused-ring (bicyclic) bond motifs is 2. The molecule has 0 saturated heterocycles. The van der Waals surface area contributed by atoms with Gasteiger partial charge in [0.15, 0.2) is 11.2 Å². The summed E-state index contributed by atoms with van der Waals surface area (Å²) in [5, 5.41) is 0. The second kappa shape index (κ2) is 23.0. The highest BCUT2D eigenvalue weighted by Crippen LogP contribution is 2.44. The molecular formula is C51H74BrN5O8. The number of hydrogen-bond acceptors (Lipinski definition) is 8. The molecule has 2 aromatic rings. The molecule has 2 aliphatic carbocycles. The molecule has 13 nitrogen and oxygen atoms in total. The molecule has 0 unspecified atom stereocenters. The zero-order chi connectivity index (χ0) is 47.6. The van der Waals surface area contributed by atoms with Gasteiger partial charge in [-0.3, -0.25) is 19.2 Å². The Bertz CT molecular complexity index is 2030. The van der Waals surface area contributed by atoms with E-state index in [-0.39, 0.29) is 53.5 Å². The number of unbranched alkanes of at least 4 members (excludes halogenated alkanes) is 2. The molecule has 0 atom stereocenters. The van der Waals surface area contributed by atoms with Crippen LogP contribution < -0.4 is 19.3 Å². The first-order valence-electron chi connectivity index (χ1n) is 23.9. The van der Waals surface area contributed by atoms with Gasteiger partial charge in [0, 0.05) is 74.7 Å². The van der Waals surface area contributed by atoms with Gasteiger partial charge in [0.05, 0.1) is 23.5 Å². The van der Waals surface area contributed by atoms with E-state index in [1.165, 1.54) is 25.7 Å². The van der Waals surface area contributed by atoms with Crippen LogP contribution in [0.1, 0.15) is 166 Å². The van der Waals surface area contributed by atoms with E-state index in [2.05, 4.69) is 34.6 Å². The zero-order valence-electron chi connectivity index (χ0n) is 40.7. The standard InChI is InChI=1S/C26H37N3O4.C25H37BrN2O4/c1-18(2)29(19-12-8-7-9-13-19)24(30)20-16-22-23(17-21(20)27-5)33-26(3,4)25(31)28(22)14-10-11-15-32-6;1-17(2)28(18-11-7-6-8-12-18)23(29)19-15-21-22(16-20(19)26)32-25(3,4)24(30)27(21)13-9-10-14-31-5/h16-19H,7-15H2,1-4,6H3;15-18H,6-14H2,1-5H3. The number of methoxy groups -OCH3 is 2. The number of amides is 4. The van der Waals surface area contributed by atoms with Crippen molar-refractivity contribution in [1.29, 1.82) is 0 Å². The van der Waals surface area contributed by atoms with Crippen molar-refractivity contribution in [3.8, 4) is 11.5 Å². The summed E-state index contributed by atoms with van der Waals surface area (Å²) in [6, 6.07) is 7.59. The molecule has 2 aromatic carbocycles. The number of carbonyl (C=O) groups is 4.